The van der Waals surface area contributed by atoms with Crippen LogP contribution in [0.1, 0.15) is 18.4 Å². The van der Waals surface area contributed by atoms with E-state index in [1.807, 2.05) is 43.3 Å². The van der Waals surface area contributed by atoms with Gasteiger partial charge in [-0.1, -0.05) is 29.8 Å². The van der Waals surface area contributed by atoms with Crippen molar-refractivity contribution in [2.24, 2.45) is 5.92 Å². The smallest absolute Gasteiger partial charge is 0.247 e. The molecule has 0 aliphatic carbocycles. The van der Waals surface area contributed by atoms with Crippen LogP contribution in [-0.4, -0.2) is 41.0 Å². The van der Waals surface area contributed by atoms with Crippen LogP contribution in [0, 0.1) is 12.8 Å². The van der Waals surface area contributed by atoms with Crippen LogP contribution in [0.15, 0.2) is 47.4 Å². The van der Waals surface area contributed by atoms with Crippen molar-refractivity contribution in [1.29, 1.82) is 0 Å². The van der Waals surface area contributed by atoms with Crippen LogP contribution in [0.5, 0.6) is 0 Å². The zero-order valence-corrected chi connectivity index (χ0v) is 18.1. The van der Waals surface area contributed by atoms with E-state index in [4.69, 9.17) is 11.6 Å². The van der Waals surface area contributed by atoms with E-state index < -0.39 is 5.25 Å². The number of rotatable bonds is 3. The fraction of sp³-hybridized carbons (Fsp3) is 0.318. The number of hydrogen-bond donors (Lipinski definition) is 2. The Morgan fingerprint density at radius 2 is 2.03 bits per heavy atom. The Kier molecular flexibility index (Phi) is 6.01. The molecule has 1 saturated heterocycles. The van der Waals surface area contributed by atoms with E-state index >= 15 is 0 Å². The fourth-order valence-corrected chi connectivity index (χ4v) is 4.94. The van der Waals surface area contributed by atoms with Crippen LogP contribution >= 0.6 is 23.4 Å². The second-order valence-corrected chi connectivity index (χ2v) is 9.11. The predicted molar refractivity (Wildman–Crippen MR) is 119 cm³/mol. The maximum absolute atomic E-state index is 13.1. The van der Waals surface area contributed by atoms with Crippen molar-refractivity contribution in [3.8, 4) is 0 Å². The number of likely N-dealkylation sites (tertiary alicyclic amines) is 1. The molecule has 8 heteroatoms. The third-order valence-corrected chi connectivity index (χ3v) is 7.06. The summed E-state index contributed by atoms with van der Waals surface area (Å²) in [4.78, 5) is 40.8. The number of halogens is 1. The van der Waals surface area contributed by atoms with Gasteiger partial charge in [-0.25, -0.2) is 0 Å². The van der Waals surface area contributed by atoms with Crippen molar-refractivity contribution in [1.82, 2.24) is 4.90 Å². The summed E-state index contributed by atoms with van der Waals surface area (Å²) in [6.07, 6.45) is 1.41. The lowest BCUT2D eigenvalue weighted by molar-refractivity contribution is -0.136. The Morgan fingerprint density at radius 1 is 1.23 bits per heavy atom. The van der Waals surface area contributed by atoms with Crippen LogP contribution in [0.3, 0.4) is 0 Å². The molecule has 156 valence electrons. The molecule has 0 radical (unpaired) electrons. The second kappa shape index (κ2) is 8.70. The molecule has 2 heterocycles. The number of benzene rings is 2. The van der Waals surface area contributed by atoms with Gasteiger partial charge < -0.3 is 15.5 Å². The van der Waals surface area contributed by atoms with Crippen molar-refractivity contribution >= 4 is 52.5 Å². The highest BCUT2D eigenvalue weighted by Gasteiger charge is 2.38. The Hall–Kier alpha value is -2.51. The van der Waals surface area contributed by atoms with E-state index in [1.54, 1.807) is 11.0 Å². The summed E-state index contributed by atoms with van der Waals surface area (Å²) in [5, 5.41) is 5.46. The topological polar surface area (TPSA) is 78.5 Å². The maximum Gasteiger partial charge on any atom is 0.247 e. The van der Waals surface area contributed by atoms with Crippen molar-refractivity contribution in [2.75, 3.05) is 23.7 Å². The number of anilines is 2. The Bertz CT molecular complexity index is 1010. The first kappa shape index (κ1) is 20.8. The molecule has 0 saturated carbocycles. The molecule has 30 heavy (non-hydrogen) atoms. The molecule has 1 fully saturated rings. The average Bonchev–Trinajstić information content (AvgIpc) is 2.75. The van der Waals surface area contributed by atoms with Crippen LogP contribution < -0.4 is 10.6 Å². The van der Waals surface area contributed by atoms with Crippen molar-refractivity contribution in [3.63, 3.8) is 0 Å². The number of carbonyl (C=O) groups excluding carboxylic acids is 3. The fourth-order valence-electron chi connectivity index (χ4n) is 3.69. The molecule has 2 aliphatic heterocycles. The van der Waals surface area contributed by atoms with Gasteiger partial charge in [0.25, 0.3) is 0 Å². The van der Waals surface area contributed by atoms with Crippen molar-refractivity contribution in [3.05, 3.63) is 53.1 Å². The molecule has 2 aromatic carbocycles. The van der Waals surface area contributed by atoms with E-state index in [0.29, 0.717) is 36.6 Å². The minimum Gasteiger partial charge on any atom is -0.340 e. The SMILES string of the molecule is Cc1ccc(NC(=O)[C@@H]2CCCN(C(=O)[C@@H]3Sc4ccccc4NC3=O)C2)cc1Cl. The highest BCUT2D eigenvalue weighted by molar-refractivity contribution is 8.01. The minimum atomic E-state index is -0.836. The largest absolute Gasteiger partial charge is 0.340 e. The molecule has 0 aromatic heterocycles. The number of amides is 3. The van der Waals surface area contributed by atoms with E-state index in [-0.39, 0.29) is 23.6 Å². The van der Waals surface area contributed by atoms with Crippen LogP contribution in [-0.2, 0) is 14.4 Å². The van der Waals surface area contributed by atoms with Gasteiger partial charge in [0, 0.05) is 28.7 Å². The standard InChI is InChI=1S/C22H22ClN3O3S/c1-13-8-9-15(11-16(13)23)24-20(27)14-5-4-10-26(12-14)22(29)19-21(28)25-17-6-2-3-7-18(17)30-19/h2-3,6-9,11,14,19H,4-5,10,12H2,1H3,(H,24,27)(H,25,28)/t14-,19-/m1/s1. The molecule has 2 aliphatic rings. The zero-order valence-electron chi connectivity index (χ0n) is 16.5. The van der Waals surface area contributed by atoms with Gasteiger partial charge in [0.05, 0.1) is 11.6 Å². The molecule has 6 nitrogen and oxygen atoms in total. The molecule has 2 atom stereocenters. The summed E-state index contributed by atoms with van der Waals surface area (Å²) in [5.41, 5.74) is 2.30. The van der Waals surface area contributed by atoms with Gasteiger partial charge >= 0.3 is 0 Å². The van der Waals surface area contributed by atoms with E-state index in [0.717, 1.165) is 16.1 Å². The Balaban J connectivity index is 1.42. The first-order valence-electron chi connectivity index (χ1n) is 9.85. The molecule has 2 N–H and O–H groups in total. The summed E-state index contributed by atoms with van der Waals surface area (Å²) in [5.74, 6) is -1.03. The highest BCUT2D eigenvalue weighted by atomic mass is 35.5. The number of piperidine rings is 1. The van der Waals surface area contributed by atoms with Gasteiger partial charge in [0.15, 0.2) is 5.25 Å². The summed E-state index contributed by atoms with van der Waals surface area (Å²) in [7, 11) is 0. The molecular formula is C22H22ClN3O3S. The lowest BCUT2D eigenvalue weighted by atomic mass is 9.96. The quantitative estimate of drug-likeness (QED) is 0.704. The summed E-state index contributed by atoms with van der Waals surface area (Å²) >= 11 is 7.40. The van der Waals surface area contributed by atoms with Crippen molar-refractivity contribution < 1.29 is 14.4 Å². The Morgan fingerprint density at radius 3 is 2.83 bits per heavy atom. The molecule has 3 amide bonds. The van der Waals surface area contributed by atoms with E-state index in [1.165, 1.54) is 11.8 Å². The monoisotopic (exact) mass is 443 g/mol. The zero-order chi connectivity index (χ0) is 21.3. The van der Waals surface area contributed by atoms with Gasteiger partial charge in [-0.15, -0.1) is 11.8 Å². The summed E-state index contributed by atoms with van der Waals surface area (Å²) in [6, 6.07) is 12.8. The van der Waals surface area contributed by atoms with Crippen LogP contribution in [0.4, 0.5) is 11.4 Å². The van der Waals surface area contributed by atoms with Gasteiger partial charge in [-0.2, -0.15) is 0 Å². The molecule has 0 spiro atoms. The third kappa shape index (κ3) is 4.32. The van der Waals surface area contributed by atoms with Gasteiger partial charge in [-0.05, 0) is 49.6 Å². The number of aryl methyl sites for hydroxylation is 1. The highest BCUT2D eigenvalue weighted by Crippen LogP contribution is 2.36. The lowest BCUT2D eigenvalue weighted by Crippen LogP contribution is -2.50. The molecule has 2 aromatic rings. The average molecular weight is 444 g/mol. The first-order valence-corrected chi connectivity index (χ1v) is 11.1. The summed E-state index contributed by atoms with van der Waals surface area (Å²) in [6.45, 7) is 2.75. The number of nitrogens with zero attached hydrogens (tertiary/aromatic N) is 1. The van der Waals surface area contributed by atoms with Gasteiger partial charge in [0.1, 0.15) is 0 Å². The van der Waals surface area contributed by atoms with Crippen molar-refractivity contribution in [2.45, 2.75) is 29.9 Å². The summed E-state index contributed by atoms with van der Waals surface area (Å²) < 4.78 is 0. The number of nitrogens with one attached hydrogen (secondary N) is 2. The number of thioether (sulfide) groups is 1. The molecular weight excluding hydrogens is 422 g/mol. The lowest BCUT2D eigenvalue weighted by Gasteiger charge is -2.35. The van der Waals surface area contributed by atoms with Crippen LogP contribution in [0.25, 0.3) is 0 Å². The van der Waals surface area contributed by atoms with Gasteiger partial charge in [-0.3, -0.25) is 14.4 Å². The second-order valence-electron chi connectivity index (χ2n) is 7.56. The normalized spacial score (nSPS) is 20.9. The number of carbonyl (C=O) groups is 3. The van der Waals surface area contributed by atoms with E-state index in [9.17, 15) is 14.4 Å². The first-order chi connectivity index (χ1) is 14.4. The number of fused-ring (bicyclic) bond motifs is 1. The minimum absolute atomic E-state index is 0.140. The van der Waals surface area contributed by atoms with Gasteiger partial charge in [0.2, 0.25) is 17.7 Å². The third-order valence-electron chi connectivity index (χ3n) is 5.40. The van der Waals surface area contributed by atoms with Crippen LogP contribution in [0.2, 0.25) is 5.02 Å². The molecule has 4 rings (SSSR count). The van der Waals surface area contributed by atoms with E-state index in [2.05, 4.69) is 10.6 Å². The predicted octanol–water partition coefficient (Wildman–Crippen LogP) is 3.94. The number of para-hydroxylation sites is 1. The Labute approximate surface area is 184 Å². The molecule has 0 unspecified atom stereocenters. The number of hydrogen-bond acceptors (Lipinski definition) is 4. The molecule has 0 bridgehead atoms. The maximum atomic E-state index is 13.1.